The zero-order chi connectivity index (χ0) is 21.6. The number of alkyl halides is 2. The second-order valence-electron chi connectivity index (χ2n) is 6.36. The predicted molar refractivity (Wildman–Crippen MR) is 111 cm³/mol. The molecule has 0 bridgehead atoms. The lowest BCUT2D eigenvalue weighted by molar-refractivity contribution is 0.0986. The summed E-state index contributed by atoms with van der Waals surface area (Å²) in [6, 6.07) is 5.69. The van der Waals surface area contributed by atoms with E-state index in [9.17, 15) is 23.2 Å². The molecule has 29 heavy (non-hydrogen) atoms. The number of thioether (sulfide) groups is 1. The molecule has 10 heteroatoms. The third-order valence-corrected chi connectivity index (χ3v) is 4.96. The summed E-state index contributed by atoms with van der Waals surface area (Å²) in [5, 5.41) is 0. The van der Waals surface area contributed by atoms with Gasteiger partial charge in [0.05, 0.1) is 0 Å². The molecule has 0 spiro atoms. The van der Waals surface area contributed by atoms with Crippen molar-refractivity contribution in [3.63, 3.8) is 0 Å². The number of anilines is 2. The molecule has 0 aliphatic carbocycles. The molecule has 0 atom stereocenters. The quantitative estimate of drug-likeness (QED) is 0.599. The zero-order valence-electron chi connectivity index (χ0n) is 16.3. The average Bonchev–Trinajstić information content (AvgIpc) is 2.66. The first-order valence-electron chi connectivity index (χ1n) is 9.29. The fraction of sp³-hybridized carbons (Fsp3) is 0.421. The van der Waals surface area contributed by atoms with Crippen LogP contribution in [0.25, 0.3) is 0 Å². The second-order valence-corrected chi connectivity index (χ2v) is 7.42. The highest BCUT2D eigenvalue weighted by Crippen LogP contribution is 2.26. The van der Waals surface area contributed by atoms with E-state index in [1.54, 1.807) is 0 Å². The van der Waals surface area contributed by atoms with Crippen LogP contribution in [0.15, 0.2) is 38.8 Å². The third kappa shape index (κ3) is 5.47. The van der Waals surface area contributed by atoms with Crippen molar-refractivity contribution in [2.75, 3.05) is 17.2 Å². The summed E-state index contributed by atoms with van der Waals surface area (Å²) in [7, 11) is 0. The van der Waals surface area contributed by atoms with Gasteiger partial charge in [0.15, 0.2) is 5.69 Å². The van der Waals surface area contributed by atoms with Crippen LogP contribution < -0.4 is 21.9 Å². The topological polar surface area (TPSA) is 101 Å². The van der Waals surface area contributed by atoms with E-state index in [-0.39, 0.29) is 23.6 Å². The first-order valence-corrected chi connectivity index (χ1v) is 10.2. The van der Waals surface area contributed by atoms with Crippen LogP contribution in [0, 0.1) is 0 Å². The van der Waals surface area contributed by atoms with Crippen LogP contribution in [0.1, 0.15) is 43.5 Å². The lowest BCUT2D eigenvalue weighted by atomic mass is 10.2. The van der Waals surface area contributed by atoms with Gasteiger partial charge < -0.3 is 10.6 Å². The summed E-state index contributed by atoms with van der Waals surface area (Å²) in [6.07, 6.45) is 2.04. The van der Waals surface area contributed by atoms with Crippen LogP contribution >= 0.6 is 11.8 Å². The number of hydrogen-bond donors (Lipinski definition) is 2. The summed E-state index contributed by atoms with van der Waals surface area (Å²) < 4.78 is 26.2. The van der Waals surface area contributed by atoms with Crippen molar-refractivity contribution in [3.8, 4) is 0 Å². The minimum Gasteiger partial charge on any atom is -0.383 e. The summed E-state index contributed by atoms with van der Waals surface area (Å²) in [5.41, 5.74) is 4.89. The third-order valence-electron chi connectivity index (χ3n) is 4.24. The van der Waals surface area contributed by atoms with Gasteiger partial charge in [0.1, 0.15) is 5.82 Å². The Kier molecular flexibility index (Phi) is 8.00. The number of carbonyl (C=O) groups is 1. The van der Waals surface area contributed by atoms with E-state index in [0.717, 1.165) is 6.42 Å². The van der Waals surface area contributed by atoms with Crippen LogP contribution in [-0.4, -0.2) is 27.8 Å². The van der Waals surface area contributed by atoms with Crippen molar-refractivity contribution < 1.29 is 13.6 Å². The molecule has 2 rings (SSSR count). The van der Waals surface area contributed by atoms with E-state index in [1.165, 1.54) is 33.7 Å². The predicted octanol–water partition coefficient (Wildman–Crippen LogP) is 3.29. The number of benzene rings is 1. The maximum Gasteiger partial charge on any atom is 0.330 e. The minimum absolute atomic E-state index is 0.0705. The van der Waals surface area contributed by atoms with Crippen molar-refractivity contribution >= 4 is 29.2 Å². The molecule has 0 saturated heterocycles. The molecule has 0 unspecified atom stereocenters. The van der Waals surface area contributed by atoms with E-state index < -0.39 is 22.9 Å². The lowest BCUT2D eigenvalue weighted by Crippen LogP contribution is -2.41. The Labute approximate surface area is 170 Å². The van der Waals surface area contributed by atoms with Gasteiger partial charge in [0, 0.05) is 23.5 Å². The number of nitrogens with two attached hydrogens (primary N) is 1. The van der Waals surface area contributed by atoms with Gasteiger partial charge in [0.25, 0.3) is 17.2 Å². The lowest BCUT2D eigenvalue weighted by Gasteiger charge is -2.24. The number of amides is 1. The van der Waals surface area contributed by atoms with E-state index in [1.807, 2.05) is 13.8 Å². The van der Waals surface area contributed by atoms with Crippen LogP contribution in [0.3, 0.4) is 0 Å². The Morgan fingerprint density at radius 1 is 1.21 bits per heavy atom. The van der Waals surface area contributed by atoms with E-state index in [2.05, 4.69) is 4.98 Å². The number of rotatable bonds is 9. The van der Waals surface area contributed by atoms with Crippen LogP contribution in [0.5, 0.6) is 0 Å². The van der Waals surface area contributed by atoms with Gasteiger partial charge in [-0.3, -0.25) is 19.1 Å². The summed E-state index contributed by atoms with van der Waals surface area (Å²) >= 11 is 0.379. The van der Waals surface area contributed by atoms with Gasteiger partial charge >= 0.3 is 5.69 Å². The van der Waals surface area contributed by atoms with Crippen LogP contribution in [-0.2, 0) is 6.54 Å². The molecule has 1 amide bonds. The summed E-state index contributed by atoms with van der Waals surface area (Å²) in [5.74, 6) is -3.13. The molecule has 0 radical (unpaired) electrons. The number of halogens is 2. The normalized spacial score (nSPS) is 11.1. The minimum atomic E-state index is -2.56. The first kappa shape index (κ1) is 22.7. The van der Waals surface area contributed by atoms with Gasteiger partial charge in [-0.05, 0) is 37.1 Å². The van der Waals surface area contributed by atoms with Crippen LogP contribution in [0.2, 0.25) is 0 Å². The Morgan fingerprint density at radius 2 is 1.86 bits per heavy atom. The van der Waals surface area contributed by atoms with E-state index >= 15 is 0 Å². The molecule has 0 fully saturated rings. The highest BCUT2D eigenvalue weighted by molar-refractivity contribution is 7.99. The number of unbranched alkanes of at least 4 members (excludes halogenated alkanes) is 1. The Morgan fingerprint density at radius 3 is 2.41 bits per heavy atom. The molecule has 158 valence electrons. The Hall–Kier alpha value is -2.62. The fourth-order valence-electron chi connectivity index (χ4n) is 2.85. The SMILES string of the molecule is CCCCn1c(N)c(N(CCC)C(=O)c2ccc(SC(F)F)cc2)c(=O)[nH]c1=O. The Bertz CT molecular complexity index is 957. The van der Waals surface area contributed by atoms with Gasteiger partial charge in [0.2, 0.25) is 0 Å². The molecule has 0 saturated carbocycles. The molecule has 0 aliphatic rings. The molecule has 0 aliphatic heterocycles. The number of hydrogen-bond acceptors (Lipinski definition) is 5. The van der Waals surface area contributed by atoms with Crippen molar-refractivity contribution in [2.45, 2.75) is 50.3 Å². The van der Waals surface area contributed by atoms with Crippen molar-refractivity contribution in [1.82, 2.24) is 9.55 Å². The zero-order valence-corrected chi connectivity index (χ0v) is 17.1. The molecular weight excluding hydrogens is 402 g/mol. The summed E-state index contributed by atoms with van der Waals surface area (Å²) in [4.78, 5) is 41.4. The molecule has 3 N–H and O–H groups in total. The van der Waals surface area contributed by atoms with Gasteiger partial charge in [-0.1, -0.05) is 32.0 Å². The van der Waals surface area contributed by atoms with Crippen molar-refractivity contribution in [2.24, 2.45) is 0 Å². The number of aromatic nitrogens is 2. The second kappa shape index (κ2) is 10.2. The maximum atomic E-state index is 13.1. The molecule has 1 aromatic carbocycles. The monoisotopic (exact) mass is 426 g/mol. The van der Waals surface area contributed by atoms with Gasteiger partial charge in [-0.25, -0.2) is 4.79 Å². The Balaban J connectivity index is 2.46. The van der Waals surface area contributed by atoms with Gasteiger partial charge in [-0.2, -0.15) is 8.78 Å². The molecule has 1 heterocycles. The molecular formula is C19H24F2N4O3S. The maximum absolute atomic E-state index is 13.1. The number of nitrogen functional groups attached to an aromatic ring is 1. The number of aromatic amines is 1. The van der Waals surface area contributed by atoms with Gasteiger partial charge in [-0.15, -0.1) is 0 Å². The molecule has 1 aromatic heterocycles. The fourth-order valence-corrected chi connectivity index (χ4v) is 3.35. The summed E-state index contributed by atoms with van der Waals surface area (Å²) in [6.45, 7) is 4.31. The first-order chi connectivity index (χ1) is 13.8. The molecule has 7 nitrogen and oxygen atoms in total. The number of carbonyl (C=O) groups excluding carboxylic acids is 1. The van der Waals surface area contributed by atoms with E-state index in [0.29, 0.717) is 36.0 Å². The largest absolute Gasteiger partial charge is 0.383 e. The van der Waals surface area contributed by atoms with Crippen LogP contribution in [0.4, 0.5) is 20.3 Å². The van der Waals surface area contributed by atoms with Crippen molar-refractivity contribution in [3.05, 3.63) is 50.7 Å². The average molecular weight is 426 g/mol. The smallest absolute Gasteiger partial charge is 0.330 e. The van der Waals surface area contributed by atoms with E-state index in [4.69, 9.17) is 5.73 Å². The van der Waals surface area contributed by atoms with Crippen molar-refractivity contribution in [1.29, 1.82) is 0 Å². The number of nitrogens with zero attached hydrogens (tertiary/aromatic N) is 2. The highest BCUT2D eigenvalue weighted by atomic mass is 32.2. The number of nitrogens with one attached hydrogen (secondary N) is 1. The standard InChI is InChI=1S/C19H24F2N4O3S/c1-3-5-11-25-15(22)14(16(26)23-19(25)28)24(10-4-2)17(27)12-6-8-13(9-7-12)29-18(20)21/h6-9,18H,3-5,10-11,22H2,1-2H3,(H,23,26,28). The number of H-pyrrole nitrogens is 1. The highest BCUT2D eigenvalue weighted by Gasteiger charge is 2.24. The molecule has 2 aromatic rings.